The number of carbonyl (C=O) groups is 1. The van der Waals surface area contributed by atoms with Crippen molar-refractivity contribution < 1.29 is 9.53 Å². The molecule has 0 radical (unpaired) electrons. The Morgan fingerprint density at radius 1 is 1.39 bits per heavy atom. The first-order valence-corrected chi connectivity index (χ1v) is 6.77. The Morgan fingerprint density at radius 3 is 2.44 bits per heavy atom. The van der Waals surface area contributed by atoms with Crippen LogP contribution in [-0.2, 0) is 4.79 Å². The molecule has 0 aromatic heterocycles. The van der Waals surface area contributed by atoms with Crippen LogP contribution in [-0.4, -0.2) is 17.3 Å². The van der Waals surface area contributed by atoms with Crippen molar-refractivity contribution in [1.82, 2.24) is 5.32 Å². The van der Waals surface area contributed by atoms with Gasteiger partial charge in [0.05, 0.1) is 22.1 Å². The quantitative estimate of drug-likeness (QED) is 0.669. The summed E-state index contributed by atoms with van der Waals surface area (Å²) in [6.07, 6.45) is 1.68. The normalized spacial score (nSPS) is 17.2. The third kappa shape index (κ3) is 2.80. The second-order valence-corrected chi connectivity index (χ2v) is 5.90. The number of ether oxygens (including phenoxy) is 1. The Balaban J connectivity index is 2.39. The topological polar surface area (TPSA) is 38.3 Å². The predicted octanol–water partition coefficient (Wildman–Crippen LogP) is 3.49. The summed E-state index contributed by atoms with van der Waals surface area (Å²) in [7, 11) is 1.49. The van der Waals surface area contributed by atoms with Gasteiger partial charge in [0.15, 0.2) is 5.75 Å². The first kappa shape index (κ1) is 13.7. The van der Waals surface area contributed by atoms with Gasteiger partial charge in [0.1, 0.15) is 4.32 Å². The summed E-state index contributed by atoms with van der Waals surface area (Å²) in [5, 5.41) is 3.32. The molecule has 1 N–H and O–H groups in total. The molecule has 0 unspecified atom stereocenters. The zero-order valence-electron chi connectivity index (χ0n) is 9.12. The van der Waals surface area contributed by atoms with Gasteiger partial charge in [-0.1, -0.05) is 47.2 Å². The summed E-state index contributed by atoms with van der Waals surface area (Å²) >= 11 is 18.1. The lowest BCUT2D eigenvalue weighted by Gasteiger charge is -2.06. The molecule has 0 saturated carbocycles. The molecular weight excluding hydrogens is 313 g/mol. The van der Waals surface area contributed by atoms with Crippen LogP contribution in [0.5, 0.6) is 5.75 Å². The van der Waals surface area contributed by atoms with E-state index in [2.05, 4.69) is 5.32 Å². The molecule has 1 heterocycles. The molecule has 0 bridgehead atoms. The number of rotatable bonds is 2. The second kappa shape index (κ2) is 5.48. The highest BCUT2D eigenvalue weighted by atomic mass is 35.5. The second-order valence-electron chi connectivity index (χ2n) is 3.37. The number of benzene rings is 1. The van der Waals surface area contributed by atoms with E-state index >= 15 is 0 Å². The first-order valence-electron chi connectivity index (χ1n) is 4.79. The third-order valence-electron chi connectivity index (χ3n) is 2.16. The number of halogens is 2. The molecule has 1 aliphatic rings. The highest BCUT2D eigenvalue weighted by molar-refractivity contribution is 8.26. The minimum absolute atomic E-state index is 0.215. The SMILES string of the molecule is COc1c(Cl)cc(/C=C2/SC(=S)NC2=O)cc1Cl. The molecule has 94 valence electrons. The molecule has 2 rings (SSSR count). The van der Waals surface area contributed by atoms with Gasteiger partial charge in [0.2, 0.25) is 0 Å². The molecule has 0 atom stereocenters. The van der Waals surface area contributed by atoms with E-state index in [-0.39, 0.29) is 5.91 Å². The van der Waals surface area contributed by atoms with Crippen molar-refractivity contribution in [2.24, 2.45) is 0 Å². The van der Waals surface area contributed by atoms with E-state index in [0.717, 1.165) is 0 Å². The van der Waals surface area contributed by atoms with Crippen molar-refractivity contribution in [2.45, 2.75) is 0 Å². The van der Waals surface area contributed by atoms with Gasteiger partial charge in [-0.15, -0.1) is 0 Å². The third-order valence-corrected chi connectivity index (χ3v) is 3.89. The van der Waals surface area contributed by atoms with Gasteiger partial charge in [-0.2, -0.15) is 0 Å². The predicted molar refractivity (Wildman–Crippen MR) is 79.3 cm³/mol. The van der Waals surface area contributed by atoms with Gasteiger partial charge in [-0.25, -0.2) is 0 Å². The number of nitrogens with one attached hydrogen (secondary N) is 1. The molecule has 3 nitrogen and oxygen atoms in total. The molecule has 1 fully saturated rings. The minimum Gasteiger partial charge on any atom is -0.494 e. The number of carbonyl (C=O) groups excluding carboxylic acids is 1. The van der Waals surface area contributed by atoms with Crippen molar-refractivity contribution in [3.8, 4) is 5.75 Å². The van der Waals surface area contributed by atoms with Crippen molar-refractivity contribution in [3.05, 3.63) is 32.6 Å². The fraction of sp³-hybridized carbons (Fsp3) is 0.0909. The summed E-state index contributed by atoms with van der Waals surface area (Å²) in [5.74, 6) is 0.201. The number of hydrogen-bond donors (Lipinski definition) is 1. The zero-order valence-corrected chi connectivity index (χ0v) is 12.3. The Kier molecular flexibility index (Phi) is 4.17. The van der Waals surface area contributed by atoms with Crippen molar-refractivity contribution in [1.29, 1.82) is 0 Å². The maximum Gasteiger partial charge on any atom is 0.263 e. The van der Waals surface area contributed by atoms with E-state index in [1.165, 1.54) is 18.9 Å². The van der Waals surface area contributed by atoms with Crippen molar-refractivity contribution >= 4 is 63.5 Å². The van der Waals surface area contributed by atoms with Gasteiger partial charge in [-0.05, 0) is 23.8 Å². The molecule has 1 aromatic rings. The van der Waals surface area contributed by atoms with Crippen LogP contribution in [0.3, 0.4) is 0 Å². The van der Waals surface area contributed by atoms with Crippen molar-refractivity contribution in [3.63, 3.8) is 0 Å². The van der Waals surface area contributed by atoms with Crippen LogP contribution >= 0.6 is 47.2 Å². The Bertz CT molecular complexity index is 549. The molecule has 7 heteroatoms. The van der Waals surface area contributed by atoms with E-state index in [4.69, 9.17) is 40.2 Å². The standard InChI is InChI=1S/C11H7Cl2NO2S2/c1-16-9-6(12)2-5(3-7(9)13)4-8-10(15)14-11(17)18-8/h2-4H,1H3,(H,14,15,17)/b8-4+. The van der Waals surface area contributed by atoms with Gasteiger partial charge >= 0.3 is 0 Å². The number of amides is 1. The summed E-state index contributed by atoms with van der Waals surface area (Å²) < 4.78 is 5.49. The van der Waals surface area contributed by atoms with E-state index in [0.29, 0.717) is 30.6 Å². The average Bonchev–Trinajstić information content (AvgIpc) is 2.57. The lowest BCUT2D eigenvalue weighted by atomic mass is 10.2. The summed E-state index contributed by atoms with van der Waals surface area (Å²) in [4.78, 5) is 12.0. The van der Waals surface area contributed by atoms with Crippen LogP contribution in [0.2, 0.25) is 10.0 Å². The average molecular weight is 320 g/mol. The highest BCUT2D eigenvalue weighted by Crippen LogP contribution is 2.35. The largest absolute Gasteiger partial charge is 0.494 e. The Hall–Kier alpha value is -0.750. The molecule has 1 amide bonds. The summed E-state index contributed by atoms with van der Waals surface area (Å²) in [5.41, 5.74) is 0.716. The van der Waals surface area contributed by atoms with Crippen molar-refractivity contribution in [2.75, 3.05) is 7.11 Å². The van der Waals surface area contributed by atoms with E-state index in [1.807, 2.05) is 0 Å². The van der Waals surface area contributed by atoms with E-state index in [9.17, 15) is 4.79 Å². The van der Waals surface area contributed by atoms with E-state index in [1.54, 1.807) is 18.2 Å². The fourth-order valence-electron chi connectivity index (χ4n) is 1.43. The molecular formula is C11H7Cl2NO2S2. The Labute approximate surface area is 123 Å². The minimum atomic E-state index is -0.215. The molecule has 1 aliphatic heterocycles. The van der Waals surface area contributed by atoms with Gasteiger partial charge in [0, 0.05) is 0 Å². The maximum atomic E-state index is 11.5. The maximum absolute atomic E-state index is 11.5. The lowest BCUT2D eigenvalue weighted by Crippen LogP contribution is -2.17. The molecule has 18 heavy (non-hydrogen) atoms. The Morgan fingerprint density at radius 2 is 2.00 bits per heavy atom. The van der Waals surface area contributed by atoms with Crippen LogP contribution in [0.1, 0.15) is 5.56 Å². The monoisotopic (exact) mass is 319 g/mol. The van der Waals surface area contributed by atoms with Crippen LogP contribution in [0.4, 0.5) is 0 Å². The zero-order chi connectivity index (χ0) is 13.3. The lowest BCUT2D eigenvalue weighted by molar-refractivity contribution is -0.115. The number of thioether (sulfide) groups is 1. The summed E-state index contributed by atoms with van der Waals surface area (Å²) in [6, 6.07) is 3.35. The first-order chi connectivity index (χ1) is 8.51. The fourth-order valence-corrected chi connectivity index (χ4v) is 3.13. The number of thiocarbonyl (C=S) groups is 1. The van der Waals surface area contributed by atoms with Crippen LogP contribution in [0.25, 0.3) is 6.08 Å². The molecule has 1 aromatic carbocycles. The number of hydrogen-bond acceptors (Lipinski definition) is 4. The molecule has 0 spiro atoms. The molecule has 1 saturated heterocycles. The summed E-state index contributed by atoms with van der Waals surface area (Å²) in [6.45, 7) is 0. The number of methoxy groups -OCH3 is 1. The highest BCUT2D eigenvalue weighted by Gasteiger charge is 2.22. The van der Waals surface area contributed by atoms with Crippen LogP contribution in [0.15, 0.2) is 17.0 Å². The van der Waals surface area contributed by atoms with Gasteiger partial charge in [-0.3, -0.25) is 4.79 Å². The molecule has 0 aliphatic carbocycles. The van der Waals surface area contributed by atoms with Gasteiger partial charge < -0.3 is 10.1 Å². The van der Waals surface area contributed by atoms with E-state index < -0.39 is 0 Å². The van der Waals surface area contributed by atoms with Crippen LogP contribution in [0, 0.1) is 0 Å². The smallest absolute Gasteiger partial charge is 0.263 e. The van der Waals surface area contributed by atoms with Gasteiger partial charge in [0.25, 0.3) is 5.91 Å². The van der Waals surface area contributed by atoms with Crippen LogP contribution < -0.4 is 10.1 Å².